The highest BCUT2D eigenvalue weighted by molar-refractivity contribution is 5.97. The van der Waals surface area contributed by atoms with Crippen LogP contribution in [0.2, 0.25) is 0 Å². The van der Waals surface area contributed by atoms with Crippen molar-refractivity contribution < 1.29 is 4.39 Å². The van der Waals surface area contributed by atoms with Crippen LogP contribution in [0.25, 0.3) is 0 Å². The number of rotatable bonds is 0. The summed E-state index contributed by atoms with van der Waals surface area (Å²) in [5, 5.41) is 0. The second-order valence-corrected chi connectivity index (χ2v) is 3.07. The predicted molar refractivity (Wildman–Crippen MR) is 42.1 cm³/mol. The number of hydrogen-bond acceptors (Lipinski definition) is 0. The zero-order chi connectivity index (χ0) is 6.32. The first-order chi connectivity index (χ1) is 4.29. The highest BCUT2D eigenvalue weighted by atomic mass is 15.3. The van der Waals surface area contributed by atoms with Gasteiger partial charge in [0, 0.05) is 19.6 Å². The van der Waals surface area contributed by atoms with Crippen molar-refractivity contribution in [2.45, 2.75) is 19.3 Å². The fraction of sp³-hybridized carbons (Fsp3) is 1.00. The lowest BCUT2D eigenvalue weighted by atomic mass is 9.83. The van der Waals surface area contributed by atoms with Crippen LogP contribution in [-0.4, -0.2) is 32.0 Å². The minimum absolute atomic E-state index is 0.601. The van der Waals surface area contributed by atoms with E-state index in [2.05, 4.69) is 0 Å². The second kappa shape index (κ2) is 1.75. The molecular weight excluding hydrogens is 109 g/mol. The van der Waals surface area contributed by atoms with Crippen molar-refractivity contribution in [3.63, 3.8) is 0 Å². The van der Waals surface area contributed by atoms with Crippen molar-refractivity contribution in [2.75, 3.05) is 19.6 Å². The number of hydrogen-bond donors (Lipinski definition) is 0. The Balaban J connectivity index is 2.11. The lowest BCUT2D eigenvalue weighted by Crippen LogP contribution is -2.56. The van der Waals surface area contributed by atoms with Crippen molar-refractivity contribution in [1.29, 1.82) is 0 Å². The zero-order valence-electron chi connectivity index (χ0n) is 5.27. The molecule has 9 heavy (non-hydrogen) atoms. The molecule has 3 aliphatic rings. The van der Waals surface area contributed by atoms with Crippen LogP contribution >= 0.6 is 0 Å². The van der Waals surface area contributed by atoms with Gasteiger partial charge in [-0.05, 0) is 25.2 Å². The molecule has 0 atom stereocenters. The molecule has 0 N–H and O–H groups in total. The van der Waals surface area contributed by atoms with E-state index < -0.39 is 0 Å². The molecule has 3 heterocycles. The molecule has 1 nitrogen and oxygen atoms in total. The Hall–Kier alpha value is 0.0249. The maximum Gasteiger partial charge on any atom is 0.169 e. The molecule has 52 valence electrons. The third kappa shape index (κ3) is 0.897. The second-order valence-electron chi connectivity index (χ2n) is 3.07. The van der Waals surface area contributed by atoms with Crippen LogP contribution in [0.4, 0.5) is 0 Å². The summed E-state index contributed by atoms with van der Waals surface area (Å²) in [6, 6.07) is 0. The van der Waals surface area contributed by atoms with Gasteiger partial charge < -0.3 is 4.39 Å². The van der Waals surface area contributed by atoms with Crippen molar-refractivity contribution in [2.24, 2.45) is 5.92 Å². The standard InChI is InChI=1S/C7H16BN/c8-9-4-1-7(2-5-9)3-6-9/h7H,1-6H2,8H3. The van der Waals surface area contributed by atoms with Gasteiger partial charge in [0.2, 0.25) is 0 Å². The largest absolute Gasteiger partial charge is 0.522 e. The van der Waals surface area contributed by atoms with Gasteiger partial charge in [0.15, 0.2) is 7.98 Å². The Morgan fingerprint density at radius 3 is 1.67 bits per heavy atom. The lowest BCUT2D eigenvalue weighted by molar-refractivity contribution is -0.835. The third-order valence-corrected chi connectivity index (χ3v) is 2.56. The molecular formula is C7H16BN. The minimum atomic E-state index is 0.601. The highest BCUT2D eigenvalue weighted by Crippen LogP contribution is 2.30. The monoisotopic (exact) mass is 125 g/mol. The molecule has 0 saturated carbocycles. The molecule has 0 aromatic heterocycles. The van der Waals surface area contributed by atoms with E-state index in [0.29, 0.717) is 7.98 Å². The number of quaternary nitrogens is 1. The number of nitrogens with zero attached hydrogens (tertiary/aromatic N) is 1. The first kappa shape index (κ1) is 5.78. The van der Waals surface area contributed by atoms with Gasteiger partial charge in [-0.25, -0.2) is 0 Å². The van der Waals surface area contributed by atoms with Crippen LogP contribution in [0.3, 0.4) is 0 Å². The van der Waals surface area contributed by atoms with Gasteiger partial charge in [-0.1, -0.05) is 0 Å². The van der Waals surface area contributed by atoms with Crippen molar-refractivity contribution in [3.8, 4) is 0 Å². The summed E-state index contributed by atoms with van der Waals surface area (Å²) in [7, 11) is 0.601. The first-order valence-electron chi connectivity index (χ1n) is 3.67. The van der Waals surface area contributed by atoms with Gasteiger partial charge in [-0.3, -0.25) is 0 Å². The molecule has 2 bridgehead atoms. The van der Waals surface area contributed by atoms with E-state index in [1.807, 2.05) is 0 Å². The molecule has 0 aromatic rings. The SMILES string of the molecule is [BH3-][N+]12CCC(CC1)CC2. The van der Waals surface area contributed by atoms with Gasteiger partial charge in [-0.15, -0.1) is 0 Å². The van der Waals surface area contributed by atoms with Gasteiger partial charge in [0.25, 0.3) is 0 Å². The van der Waals surface area contributed by atoms with E-state index in [4.69, 9.17) is 0 Å². The van der Waals surface area contributed by atoms with E-state index in [1.165, 1.54) is 0 Å². The summed E-state index contributed by atoms with van der Waals surface area (Å²) in [5.74, 6) is 1.16. The van der Waals surface area contributed by atoms with Crippen LogP contribution in [0.15, 0.2) is 0 Å². The fourth-order valence-corrected chi connectivity index (χ4v) is 1.86. The topological polar surface area (TPSA) is 0 Å². The number of fused-ring (bicyclic) bond motifs is 3. The van der Waals surface area contributed by atoms with Crippen LogP contribution in [0.5, 0.6) is 0 Å². The molecule has 3 saturated heterocycles. The van der Waals surface area contributed by atoms with E-state index in [0.717, 1.165) is 5.92 Å². The average molecular weight is 125 g/mol. The molecule has 0 unspecified atom stereocenters. The van der Waals surface area contributed by atoms with E-state index in [9.17, 15) is 0 Å². The smallest absolute Gasteiger partial charge is 0.169 e. The summed E-state index contributed by atoms with van der Waals surface area (Å²) >= 11 is 0. The fourth-order valence-electron chi connectivity index (χ4n) is 1.86. The Kier molecular flexibility index (Phi) is 1.13. The first-order valence-corrected chi connectivity index (χ1v) is 3.67. The van der Waals surface area contributed by atoms with Crippen LogP contribution in [0.1, 0.15) is 19.3 Å². The van der Waals surface area contributed by atoms with E-state index in [1.54, 1.807) is 43.3 Å². The molecule has 3 fully saturated rings. The third-order valence-electron chi connectivity index (χ3n) is 2.56. The molecule has 3 aliphatic heterocycles. The van der Waals surface area contributed by atoms with Crippen molar-refractivity contribution in [1.82, 2.24) is 0 Å². The summed E-state index contributed by atoms with van der Waals surface area (Å²) < 4.78 is 1.64. The average Bonchev–Trinajstić information content (AvgIpc) is 1.90. The van der Waals surface area contributed by atoms with Gasteiger partial charge in [0.05, 0.1) is 0 Å². The molecule has 3 rings (SSSR count). The molecule has 0 radical (unpaired) electrons. The molecule has 0 aliphatic carbocycles. The van der Waals surface area contributed by atoms with Crippen LogP contribution < -0.4 is 0 Å². The van der Waals surface area contributed by atoms with Crippen molar-refractivity contribution >= 4 is 7.98 Å². The van der Waals surface area contributed by atoms with Crippen LogP contribution in [0, 0.1) is 5.92 Å². The Bertz CT molecular complexity index is 102. The summed E-state index contributed by atoms with van der Waals surface area (Å²) in [4.78, 5) is 0. The Labute approximate surface area is 58.1 Å². The van der Waals surface area contributed by atoms with E-state index >= 15 is 0 Å². The van der Waals surface area contributed by atoms with Gasteiger partial charge in [0.1, 0.15) is 0 Å². The lowest BCUT2D eigenvalue weighted by Gasteiger charge is -2.53. The maximum atomic E-state index is 1.64. The summed E-state index contributed by atoms with van der Waals surface area (Å²) in [6.07, 6.45) is 4.72. The maximum absolute atomic E-state index is 1.64. The van der Waals surface area contributed by atoms with Crippen molar-refractivity contribution in [3.05, 3.63) is 0 Å². The predicted octanol–water partition coefficient (Wildman–Crippen LogP) is -0.103. The summed E-state index contributed by atoms with van der Waals surface area (Å²) in [5.41, 5.74) is 0. The van der Waals surface area contributed by atoms with Gasteiger partial charge in [-0.2, -0.15) is 0 Å². The number of piperidine rings is 3. The molecule has 0 aromatic carbocycles. The molecule has 2 heteroatoms. The highest BCUT2D eigenvalue weighted by Gasteiger charge is 2.30. The zero-order valence-corrected chi connectivity index (χ0v) is 5.27. The van der Waals surface area contributed by atoms with Gasteiger partial charge >= 0.3 is 0 Å². The van der Waals surface area contributed by atoms with E-state index in [-0.39, 0.29) is 0 Å². The Morgan fingerprint density at radius 1 is 1.00 bits per heavy atom. The van der Waals surface area contributed by atoms with Crippen LogP contribution in [-0.2, 0) is 0 Å². The quantitative estimate of drug-likeness (QED) is 0.396. The minimum Gasteiger partial charge on any atom is -0.522 e. The summed E-state index contributed by atoms with van der Waals surface area (Å²) in [6.45, 7) is 4.72. The normalized spacial score (nSPS) is 49.7. The molecule has 0 spiro atoms. The Morgan fingerprint density at radius 2 is 1.44 bits per heavy atom. The molecule has 0 amide bonds.